The molecule has 0 N–H and O–H groups in total. The average molecular weight is 344 g/mol. The van der Waals surface area contributed by atoms with Crippen molar-refractivity contribution in [2.75, 3.05) is 38.3 Å². The lowest BCUT2D eigenvalue weighted by Crippen LogP contribution is -2.44. The van der Waals surface area contributed by atoms with Crippen LogP contribution in [0.5, 0.6) is 0 Å². The number of carbonyl (C=O) groups is 2. The number of ether oxygens (including phenoxy) is 1. The van der Waals surface area contributed by atoms with Gasteiger partial charge < -0.3 is 14.5 Å². The Labute approximate surface area is 149 Å². The SMILES string of the molecule is COCC1CCCN(C(=O)C2CC(=O)N(c3ccc(C)c(C)c3)C2)C1. The molecule has 2 atom stereocenters. The molecule has 5 heteroatoms. The van der Waals surface area contributed by atoms with E-state index in [1.165, 1.54) is 11.1 Å². The van der Waals surface area contributed by atoms with Crippen molar-refractivity contribution in [1.82, 2.24) is 4.90 Å². The topological polar surface area (TPSA) is 49.9 Å². The maximum atomic E-state index is 12.9. The van der Waals surface area contributed by atoms with Gasteiger partial charge >= 0.3 is 0 Å². The molecule has 1 aromatic rings. The molecule has 2 fully saturated rings. The van der Waals surface area contributed by atoms with E-state index >= 15 is 0 Å². The summed E-state index contributed by atoms with van der Waals surface area (Å²) in [6.07, 6.45) is 2.44. The number of anilines is 1. The van der Waals surface area contributed by atoms with E-state index < -0.39 is 0 Å². The summed E-state index contributed by atoms with van der Waals surface area (Å²) in [6.45, 7) is 6.85. The van der Waals surface area contributed by atoms with Crippen molar-refractivity contribution in [2.24, 2.45) is 11.8 Å². The average Bonchev–Trinajstić information content (AvgIpc) is 2.99. The first-order valence-corrected chi connectivity index (χ1v) is 9.15. The van der Waals surface area contributed by atoms with Gasteiger partial charge in [0.05, 0.1) is 12.5 Å². The van der Waals surface area contributed by atoms with Gasteiger partial charge in [-0.05, 0) is 55.9 Å². The lowest BCUT2D eigenvalue weighted by molar-refractivity contribution is -0.138. The van der Waals surface area contributed by atoms with E-state index in [0.717, 1.165) is 31.6 Å². The molecular formula is C20H28N2O3. The maximum Gasteiger partial charge on any atom is 0.228 e. The zero-order chi connectivity index (χ0) is 18.0. The second-order valence-corrected chi connectivity index (χ2v) is 7.42. The molecule has 0 radical (unpaired) electrons. The van der Waals surface area contributed by atoms with Gasteiger partial charge in [-0.15, -0.1) is 0 Å². The maximum absolute atomic E-state index is 12.9. The normalized spacial score (nSPS) is 24.0. The zero-order valence-corrected chi connectivity index (χ0v) is 15.5. The van der Waals surface area contributed by atoms with Gasteiger partial charge in [-0.25, -0.2) is 0 Å². The Balaban J connectivity index is 1.67. The fourth-order valence-electron chi connectivity index (χ4n) is 3.91. The van der Waals surface area contributed by atoms with Crippen LogP contribution in [0.15, 0.2) is 18.2 Å². The molecule has 0 spiro atoms. The molecule has 5 nitrogen and oxygen atoms in total. The smallest absolute Gasteiger partial charge is 0.228 e. The zero-order valence-electron chi connectivity index (χ0n) is 15.5. The van der Waals surface area contributed by atoms with E-state index in [1.807, 2.05) is 30.0 Å². The second-order valence-electron chi connectivity index (χ2n) is 7.42. The Hall–Kier alpha value is -1.88. The van der Waals surface area contributed by atoms with E-state index in [0.29, 0.717) is 25.5 Å². The number of hydrogen-bond acceptors (Lipinski definition) is 3. The highest BCUT2D eigenvalue weighted by molar-refractivity contribution is 6.00. The number of amides is 2. The number of rotatable bonds is 4. The van der Waals surface area contributed by atoms with Crippen LogP contribution in [0, 0.1) is 25.7 Å². The fourth-order valence-corrected chi connectivity index (χ4v) is 3.91. The summed E-state index contributed by atoms with van der Waals surface area (Å²) in [5.41, 5.74) is 3.28. The van der Waals surface area contributed by atoms with Crippen LogP contribution in [0.2, 0.25) is 0 Å². The molecule has 1 aromatic carbocycles. The molecule has 2 aliphatic heterocycles. The Kier molecular flexibility index (Phi) is 5.42. The fraction of sp³-hybridized carbons (Fsp3) is 0.600. The van der Waals surface area contributed by atoms with Gasteiger partial charge in [0.1, 0.15) is 0 Å². The van der Waals surface area contributed by atoms with Gasteiger partial charge in [0, 0.05) is 38.9 Å². The molecule has 0 aliphatic carbocycles. The third kappa shape index (κ3) is 3.87. The number of carbonyl (C=O) groups excluding carboxylic acids is 2. The van der Waals surface area contributed by atoms with Crippen LogP contribution >= 0.6 is 0 Å². The van der Waals surface area contributed by atoms with Crippen LogP contribution in [0.1, 0.15) is 30.4 Å². The third-order valence-electron chi connectivity index (χ3n) is 5.51. The van der Waals surface area contributed by atoms with Crippen molar-refractivity contribution in [3.8, 4) is 0 Å². The lowest BCUT2D eigenvalue weighted by atomic mass is 9.97. The first-order chi connectivity index (χ1) is 12.0. The van der Waals surface area contributed by atoms with E-state index in [1.54, 1.807) is 12.0 Å². The predicted molar refractivity (Wildman–Crippen MR) is 97.6 cm³/mol. The number of hydrogen-bond donors (Lipinski definition) is 0. The van der Waals surface area contributed by atoms with E-state index in [4.69, 9.17) is 4.74 Å². The number of methoxy groups -OCH3 is 1. The van der Waals surface area contributed by atoms with Crippen LogP contribution < -0.4 is 4.90 Å². The first-order valence-electron chi connectivity index (χ1n) is 9.15. The summed E-state index contributed by atoms with van der Waals surface area (Å²) in [4.78, 5) is 29.1. The first kappa shape index (κ1) is 17.9. The second kappa shape index (κ2) is 7.56. The minimum Gasteiger partial charge on any atom is -0.384 e. The number of likely N-dealkylation sites (tertiary alicyclic amines) is 1. The summed E-state index contributed by atoms with van der Waals surface area (Å²) in [5.74, 6) is 0.360. The van der Waals surface area contributed by atoms with Crippen molar-refractivity contribution < 1.29 is 14.3 Å². The Bertz CT molecular complexity index is 656. The van der Waals surface area contributed by atoms with Crippen molar-refractivity contribution in [2.45, 2.75) is 33.1 Å². The predicted octanol–water partition coefficient (Wildman–Crippen LogP) is 2.54. The molecule has 2 amide bonds. The molecule has 136 valence electrons. The van der Waals surface area contributed by atoms with Gasteiger partial charge in [-0.2, -0.15) is 0 Å². The van der Waals surface area contributed by atoms with Crippen LogP contribution in [0.25, 0.3) is 0 Å². The molecular weight excluding hydrogens is 316 g/mol. The number of benzene rings is 1. The van der Waals surface area contributed by atoms with Crippen molar-refractivity contribution >= 4 is 17.5 Å². The highest BCUT2D eigenvalue weighted by atomic mass is 16.5. The van der Waals surface area contributed by atoms with Crippen molar-refractivity contribution in [3.63, 3.8) is 0 Å². The number of piperidine rings is 1. The molecule has 2 aliphatic rings. The Morgan fingerprint density at radius 2 is 2.04 bits per heavy atom. The van der Waals surface area contributed by atoms with Gasteiger partial charge in [-0.3, -0.25) is 9.59 Å². The third-order valence-corrected chi connectivity index (χ3v) is 5.51. The monoisotopic (exact) mass is 344 g/mol. The summed E-state index contributed by atoms with van der Waals surface area (Å²) >= 11 is 0. The molecule has 0 saturated carbocycles. The van der Waals surface area contributed by atoms with Gasteiger partial charge in [0.2, 0.25) is 11.8 Å². The summed E-state index contributed by atoms with van der Waals surface area (Å²) < 4.78 is 5.25. The van der Waals surface area contributed by atoms with Crippen molar-refractivity contribution in [3.05, 3.63) is 29.3 Å². The largest absolute Gasteiger partial charge is 0.384 e. The molecule has 0 bridgehead atoms. The van der Waals surface area contributed by atoms with Crippen LogP contribution in [0.3, 0.4) is 0 Å². The van der Waals surface area contributed by atoms with E-state index in [2.05, 4.69) is 6.92 Å². The van der Waals surface area contributed by atoms with Gasteiger partial charge in [0.15, 0.2) is 0 Å². The molecule has 25 heavy (non-hydrogen) atoms. The highest BCUT2D eigenvalue weighted by Gasteiger charge is 2.38. The van der Waals surface area contributed by atoms with Gasteiger partial charge in [-0.1, -0.05) is 6.07 Å². The molecule has 2 unspecified atom stereocenters. The minimum atomic E-state index is -0.226. The Morgan fingerprint density at radius 1 is 1.24 bits per heavy atom. The Morgan fingerprint density at radius 3 is 2.76 bits per heavy atom. The number of aryl methyl sites for hydroxylation is 2. The van der Waals surface area contributed by atoms with Crippen LogP contribution in [0.4, 0.5) is 5.69 Å². The van der Waals surface area contributed by atoms with Crippen molar-refractivity contribution in [1.29, 1.82) is 0 Å². The molecule has 2 heterocycles. The van der Waals surface area contributed by atoms with Crippen LogP contribution in [-0.4, -0.2) is 50.1 Å². The summed E-state index contributed by atoms with van der Waals surface area (Å²) in [7, 11) is 1.71. The number of nitrogens with zero attached hydrogens (tertiary/aromatic N) is 2. The van der Waals surface area contributed by atoms with Gasteiger partial charge in [0.25, 0.3) is 0 Å². The highest BCUT2D eigenvalue weighted by Crippen LogP contribution is 2.29. The van der Waals surface area contributed by atoms with E-state index in [-0.39, 0.29) is 17.7 Å². The van der Waals surface area contributed by atoms with Crippen LogP contribution in [-0.2, 0) is 14.3 Å². The summed E-state index contributed by atoms with van der Waals surface area (Å²) in [6, 6.07) is 6.05. The minimum absolute atomic E-state index is 0.0482. The quantitative estimate of drug-likeness (QED) is 0.843. The van der Waals surface area contributed by atoms with E-state index in [9.17, 15) is 9.59 Å². The standard InChI is InChI=1S/C20H28N2O3/c1-14-6-7-18(9-15(14)2)22-12-17(10-19(22)23)20(24)21-8-4-5-16(11-21)13-25-3/h6-7,9,16-17H,4-5,8,10-13H2,1-3H3. The lowest BCUT2D eigenvalue weighted by Gasteiger charge is -2.34. The molecule has 0 aromatic heterocycles. The molecule has 2 saturated heterocycles. The molecule has 3 rings (SSSR count). The summed E-state index contributed by atoms with van der Waals surface area (Å²) in [5, 5.41) is 0.